The number of amides is 4. The first-order chi connectivity index (χ1) is 25.2. The highest BCUT2D eigenvalue weighted by atomic mass is 16.5. The minimum absolute atomic E-state index is 0.122. The summed E-state index contributed by atoms with van der Waals surface area (Å²) >= 11 is 0. The molecule has 4 amide bonds. The van der Waals surface area contributed by atoms with Gasteiger partial charge in [0.25, 0.3) is 11.8 Å². The molecule has 2 N–H and O–H groups in total. The SMILES string of the molecule is CCOc1cccc(C2C3=CCC4C(=O)N(c5ccc(CC)cc5)C(=O)C4C3CC3C(=O)N(Nc4ccc(C)cc4)C(=O)C32c2ccccc2)c1O. The van der Waals surface area contributed by atoms with Gasteiger partial charge in [0.05, 0.1) is 41.2 Å². The fourth-order valence-electron chi connectivity index (χ4n) is 9.27. The summed E-state index contributed by atoms with van der Waals surface area (Å²) in [7, 11) is 0. The Hall–Kier alpha value is -5.70. The first-order valence-electron chi connectivity index (χ1n) is 18.1. The van der Waals surface area contributed by atoms with E-state index in [0.717, 1.165) is 28.1 Å². The van der Waals surface area contributed by atoms with Gasteiger partial charge in [-0.15, -0.1) is 0 Å². The van der Waals surface area contributed by atoms with Gasteiger partial charge in [0.15, 0.2) is 11.5 Å². The zero-order chi connectivity index (χ0) is 36.3. The highest BCUT2D eigenvalue weighted by molar-refractivity contribution is 6.22. The van der Waals surface area contributed by atoms with Gasteiger partial charge in [0, 0.05) is 11.5 Å². The van der Waals surface area contributed by atoms with E-state index in [0.29, 0.717) is 29.1 Å². The van der Waals surface area contributed by atoms with Crippen LogP contribution in [0, 0.1) is 30.6 Å². The zero-order valence-corrected chi connectivity index (χ0v) is 29.4. The summed E-state index contributed by atoms with van der Waals surface area (Å²) in [5.41, 5.74) is 6.68. The van der Waals surface area contributed by atoms with Crippen molar-refractivity contribution in [3.05, 3.63) is 131 Å². The molecule has 6 atom stereocenters. The third kappa shape index (κ3) is 4.89. The van der Waals surface area contributed by atoms with Crippen LogP contribution in [0.25, 0.3) is 0 Å². The van der Waals surface area contributed by atoms with E-state index in [1.807, 2.05) is 106 Å². The van der Waals surface area contributed by atoms with Gasteiger partial charge in [-0.1, -0.05) is 90.9 Å². The number of aryl methyl sites for hydroxylation is 2. The predicted octanol–water partition coefficient (Wildman–Crippen LogP) is 6.85. The molecule has 264 valence electrons. The molecular formula is C43H41N3O6. The number of hydrogen-bond acceptors (Lipinski definition) is 7. The summed E-state index contributed by atoms with van der Waals surface area (Å²) in [5.74, 6) is -5.00. The number of anilines is 2. The third-order valence-corrected chi connectivity index (χ3v) is 11.6. The first-order valence-corrected chi connectivity index (χ1v) is 18.1. The summed E-state index contributed by atoms with van der Waals surface area (Å²) in [6.07, 6.45) is 3.28. The van der Waals surface area contributed by atoms with Crippen molar-refractivity contribution in [2.24, 2.45) is 23.7 Å². The molecular weight excluding hydrogens is 654 g/mol. The molecule has 9 heteroatoms. The Kier molecular flexibility index (Phi) is 8.24. The van der Waals surface area contributed by atoms with Crippen LogP contribution in [0.4, 0.5) is 11.4 Å². The minimum Gasteiger partial charge on any atom is -0.504 e. The maximum absolute atomic E-state index is 15.3. The molecule has 2 heterocycles. The van der Waals surface area contributed by atoms with Crippen molar-refractivity contribution in [1.82, 2.24) is 5.01 Å². The molecule has 0 aromatic heterocycles. The molecule has 8 rings (SSSR count). The van der Waals surface area contributed by atoms with Crippen molar-refractivity contribution in [2.45, 2.75) is 51.4 Å². The number of nitrogens with one attached hydrogen (secondary N) is 1. The Morgan fingerprint density at radius 3 is 2.25 bits per heavy atom. The number of rotatable bonds is 8. The molecule has 2 saturated heterocycles. The van der Waals surface area contributed by atoms with Crippen molar-refractivity contribution >= 4 is 35.0 Å². The Morgan fingerprint density at radius 2 is 1.56 bits per heavy atom. The standard InChI is InChI=1S/C43H41N3O6/c1-4-26-16-20-29(21-17-26)45-39(48)31-23-22-30-33(36(31)41(45)50)24-34-40(49)46(44-28-18-14-25(3)15-19-28)42(51)43(34,27-10-7-6-8-11-27)37(30)32-12-9-13-35(38(32)47)52-5-2/h6-22,31,33-34,36-37,44,47H,4-5,23-24H2,1-3H3. The Morgan fingerprint density at radius 1 is 0.827 bits per heavy atom. The quantitative estimate of drug-likeness (QED) is 0.153. The van der Waals surface area contributed by atoms with E-state index in [-0.39, 0.29) is 36.2 Å². The van der Waals surface area contributed by atoms with Gasteiger partial charge in [-0.2, -0.15) is 5.01 Å². The zero-order valence-electron chi connectivity index (χ0n) is 29.4. The number of benzene rings is 4. The van der Waals surface area contributed by atoms with Crippen molar-refractivity contribution in [3.8, 4) is 11.5 Å². The van der Waals surface area contributed by atoms with Crippen LogP contribution in [0.2, 0.25) is 0 Å². The molecule has 9 nitrogen and oxygen atoms in total. The van der Waals surface area contributed by atoms with Gasteiger partial charge < -0.3 is 9.84 Å². The summed E-state index contributed by atoms with van der Waals surface area (Å²) < 4.78 is 5.84. The normalized spacial score (nSPS) is 26.5. The van der Waals surface area contributed by atoms with Crippen LogP contribution in [0.1, 0.15) is 54.9 Å². The number of nitrogens with zero attached hydrogens (tertiary/aromatic N) is 2. The van der Waals surface area contributed by atoms with Gasteiger partial charge in [-0.3, -0.25) is 29.5 Å². The number of para-hydroxylation sites is 1. The van der Waals surface area contributed by atoms with E-state index < -0.39 is 46.8 Å². The number of carbonyl (C=O) groups is 4. The van der Waals surface area contributed by atoms with Crippen LogP contribution in [0.5, 0.6) is 11.5 Å². The van der Waals surface area contributed by atoms with Gasteiger partial charge >= 0.3 is 0 Å². The largest absolute Gasteiger partial charge is 0.504 e. The van der Waals surface area contributed by atoms with Crippen LogP contribution in [-0.4, -0.2) is 40.4 Å². The molecule has 0 radical (unpaired) electrons. The summed E-state index contributed by atoms with van der Waals surface area (Å²) in [6.45, 7) is 6.14. The van der Waals surface area contributed by atoms with E-state index in [1.54, 1.807) is 18.2 Å². The molecule has 6 unspecified atom stereocenters. The Balaban J connectivity index is 1.32. The van der Waals surface area contributed by atoms with Crippen molar-refractivity contribution < 1.29 is 29.0 Å². The van der Waals surface area contributed by atoms with Crippen molar-refractivity contribution in [3.63, 3.8) is 0 Å². The summed E-state index contributed by atoms with van der Waals surface area (Å²) in [4.78, 5) is 60.2. The highest BCUT2D eigenvalue weighted by Gasteiger charge is 2.70. The average molecular weight is 696 g/mol. The molecule has 3 fully saturated rings. The fourth-order valence-corrected chi connectivity index (χ4v) is 9.27. The average Bonchev–Trinajstić information content (AvgIpc) is 3.54. The smallest absolute Gasteiger partial charge is 0.260 e. The summed E-state index contributed by atoms with van der Waals surface area (Å²) in [6, 6.07) is 29.4. The van der Waals surface area contributed by atoms with Crippen LogP contribution in [0.3, 0.4) is 0 Å². The number of fused-ring (bicyclic) bond motifs is 4. The van der Waals surface area contributed by atoms with E-state index >= 15 is 4.79 Å². The summed E-state index contributed by atoms with van der Waals surface area (Å²) in [5, 5.41) is 13.1. The van der Waals surface area contributed by atoms with Crippen LogP contribution < -0.4 is 15.1 Å². The number of phenols is 1. The number of phenolic OH excluding ortho intramolecular Hbond substituents is 1. The predicted molar refractivity (Wildman–Crippen MR) is 196 cm³/mol. The number of hydrogen-bond donors (Lipinski definition) is 2. The second kappa shape index (κ2) is 12.8. The lowest BCUT2D eigenvalue weighted by Crippen LogP contribution is -2.53. The third-order valence-electron chi connectivity index (χ3n) is 11.6. The van der Waals surface area contributed by atoms with E-state index in [2.05, 4.69) is 5.43 Å². The lowest BCUT2D eigenvalue weighted by molar-refractivity contribution is -0.138. The van der Waals surface area contributed by atoms with Gasteiger partial charge in [-0.25, -0.2) is 0 Å². The Bertz CT molecular complexity index is 2110. The van der Waals surface area contributed by atoms with E-state index in [4.69, 9.17) is 4.74 Å². The molecule has 52 heavy (non-hydrogen) atoms. The monoisotopic (exact) mass is 695 g/mol. The second-order valence-electron chi connectivity index (χ2n) is 14.3. The maximum atomic E-state index is 15.3. The lowest BCUT2D eigenvalue weighted by atomic mass is 9.49. The molecule has 0 spiro atoms. The fraction of sp³-hybridized carbons (Fsp3) is 0.302. The number of allylic oxidation sites excluding steroid dienone is 2. The van der Waals surface area contributed by atoms with Crippen molar-refractivity contribution in [2.75, 3.05) is 16.9 Å². The lowest BCUT2D eigenvalue weighted by Gasteiger charge is -2.50. The molecule has 1 saturated carbocycles. The molecule has 2 aliphatic carbocycles. The second-order valence-corrected chi connectivity index (χ2v) is 14.3. The highest BCUT2D eigenvalue weighted by Crippen LogP contribution is 2.65. The topological polar surface area (TPSA) is 116 Å². The van der Waals surface area contributed by atoms with Gasteiger partial charge in [0.2, 0.25) is 11.8 Å². The Labute approximate surface area is 302 Å². The number of imide groups is 2. The molecule has 0 bridgehead atoms. The molecule has 4 aromatic carbocycles. The van der Waals surface area contributed by atoms with Gasteiger partial charge in [-0.05, 0) is 80.5 Å². The minimum atomic E-state index is -1.49. The number of hydrazine groups is 1. The number of aromatic hydroxyl groups is 1. The first kappa shape index (κ1) is 33.4. The van der Waals surface area contributed by atoms with Gasteiger partial charge in [0.1, 0.15) is 0 Å². The maximum Gasteiger partial charge on any atom is 0.260 e. The molecule has 4 aliphatic rings. The number of carbonyl (C=O) groups excluding carboxylic acids is 4. The molecule has 2 aliphatic heterocycles. The van der Waals surface area contributed by atoms with Crippen LogP contribution >= 0.6 is 0 Å². The van der Waals surface area contributed by atoms with E-state index in [9.17, 15) is 19.5 Å². The number of ether oxygens (including phenoxy) is 1. The van der Waals surface area contributed by atoms with Crippen molar-refractivity contribution in [1.29, 1.82) is 0 Å². The van der Waals surface area contributed by atoms with Crippen LogP contribution in [-0.2, 0) is 31.0 Å². The van der Waals surface area contributed by atoms with E-state index in [1.165, 1.54) is 4.90 Å². The van der Waals surface area contributed by atoms with Crippen LogP contribution in [0.15, 0.2) is 109 Å². The molecule has 4 aromatic rings.